The maximum Gasteiger partial charge on any atom is 0.0921 e. The van der Waals surface area contributed by atoms with Gasteiger partial charge in [0.25, 0.3) is 0 Å². The Hall–Kier alpha value is -0.350. The molecule has 208 valence electrons. The van der Waals surface area contributed by atoms with E-state index in [-0.39, 0.29) is 0 Å². The average molecular weight is 543 g/mol. The smallest absolute Gasteiger partial charge is 0.0921 e. The summed E-state index contributed by atoms with van der Waals surface area (Å²) in [5.74, 6) is 6.38. The molecule has 4 aliphatic rings. The van der Waals surface area contributed by atoms with Gasteiger partial charge in [-0.1, -0.05) is 94.5 Å². The lowest BCUT2D eigenvalue weighted by Gasteiger charge is -2.61. The Kier molecular flexibility index (Phi) is 8.31. The molecule has 37 heavy (non-hydrogen) atoms. The Balaban J connectivity index is 1.27. The van der Waals surface area contributed by atoms with Gasteiger partial charge in [0.15, 0.2) is 0 Å². The topological polar surface area (TPSA) is 28.7 Å². The van der Waals surface area contributed by atoms with E-state index in [1.807, 2.05) is 22.6 Å². The zero-order chi connectivity index (χ0) is 26.4. The maximum atomic E-state index is 4.17. The molecule has 5 rings (SSSR count). The van der Waals surface area contributed by atoms with Gasteiger partial charge in [-0.15, -0.1) is 0 Å². The summed E-state index contributed by atoms with van der Waals surface area (Å²) in [4.78, 5) is 7.43. The minimum atomic E-state index is 0.453. The highest BCUT2D eigenvalue weighted by atomic mass is 33.1. The number of aromatic nitrogens is 2. The second-order valence-corrected chi connectivity index (χ2v) is 17.6. The summed E-state index contributed by atoms with van der Waals surface area (Å²) in [6.07, 6.45) is 20.7. The number of allylic oxidation sites excluding steroid dienone is 2. The first-order valence-corrected chi connectivity index (χ1v) is 17.9. The van der Waals surface area contributed by atoms with Gasteiger partial charge in [-0.3, -0.25) is 0 Å². The zero-order valence-corrected chi connectivity index (χ0v) is 26.4. The summed E-state index contributed by atoms with van der Waals surface area (Å²) in [7, 11) is 4.15. The van der Waals surface area contributed by atoms with Gasteiger partial charge in [0.1, 0.15) is 0 Å². The number of fused-ring (bicyclic) bond motifs is 5. The fourth-order valence-electron chi connectivity index (χ4n) is 9.99. The van der Waals surface area contributed by atoms with E-state index < -0.39 is 0 Å². The third kappa shape index (κ3) is 5.25. The van der Waals surface area contributed by atoms with Crippen LogP contribution >= 0.6 is 21.6 Å². The second kappa shape index (κ2) is 10.9. The SMILES string of the molecule is CC(C)CCCC(C)(C)C1CCC2C3CC=C4CC(SSCc5cnc[nH]5)CCC4(C)C3C[C@H](C)C21C. The fourth-order valence-corrected chi connectivity index (χ4v) is 12.7. The molecular formula is C33H54N2S2. The van der Waals surface area contributed by atoms with Crippen LogP contribution < -0.4 is 0 Å². The Morgan fingerprint density at radius 1 is 1.16 bits per heavy atom. The van der Waals surface area contributed by atoms with Gasteiger partial charge in [-0.2, -0.15) is 0 Å². The van der Waals surface area contributed by atoms with E-state index in [4.69, 9.17) is 0 Å². The van der Waals surface area contributed by atoms with E-state index in [0.29, 0.717) is 16.2 Å². The summed E-state index contributed by atoms with van der Waals surface area (Å²) >= 11 is 0. The molecule has 0 aliphatic heterocycles. The summed E-state index contributed by atoms with van der Waals surface area (Å²) in [6, 6.07) is 0. The van der Waals surface area contributed by atoms with Crippen molar-refractivity contribution in [1.82, 2.24) is 9.97 Å². The number of hydrogen-bond donors (Lipinski definition) is 1. The van der Waals surface area contributed by atoms with Gasteiger partial charge in [0.05, 0.1) is 6.33 Å². The van der Waals surface area contributed by atoms with Crippen molar-refractivity contribution < 1.29 is 0 Å². The molecule has 1 heterocycles. The van der Waals surface area contributed by atoms with Gasteiger partial charge in [-0.05, 0) is 103 Å². The number of nitrogens with zero attached hydrogens (tertiary/aromatic N) is 1. The molecule has 7 unspecified atom stereocenters. The minimum absolute atomic E-state index is 0.453. The van der Waals surface area contributed by atoms with Crippen molar-refractivity contribution in [2.45, 2.75) is 124 Å². The van der Waals surface area contributed by atoms with Crippen LogP contribution in [0.3, 0.4) is 0 Å². The fraction of sp³-hybridized carbons (Fsp3) is 0.848. The number of H-pyrrole nitrogens is 1. The molecule has 2 nitrogen and oxygen atoms in total. The summed E-state index contributed by atoms with van der Waals surface area (Å²) < 4.78 is 0. The van der Waals surface area contributed by atoms with Gasteiger partial charge in [0.2, 0.25) is 0 Å². The average Bonchev–Trinajstić information content (AvgIpc) is 3.48. The van der Waals surface area contributed by atoms with Crippen LogP contribution in [0.1, 0.15) is 118 Å². The van der Waals surface area contributed by atoms with Crippen LogP contribution in [-0.2, 0) is 5.75 Å². The van der Waals surface area contributed by atoms with Gasteiger partial charge < -0.3 is 4.98 Å². The first-order chi connectivity index (χ1) is 17.6. The minimum Gasteiger partial charge on any atom is -0.348 e. The number of rotatable bonds is 9. The molecule has 0 saturated heterocycles. The monoisotopic (exact) mass is 542 g/mol. The lowest BCUT2D eigenvalue weighted by atomic mass is 9.43. The van der Waals surface area contributed by atoms with E-state index in [1.165, 1.54) is 69.9 Å². The summed E-state index contributed by atoms with van der Waals surface area (Å²) in [5.41, 5.74) is 4.53. The molecule has 3 saturated carbocycles. The maximum absolute atomic E-state index is 4.17. The summed E-state index contributed by atoms with van der Waals surface area (Å²) in [6.45, 7) is 18.2. The van der Waals surface area contributed by atoms with Gasteiger partial charge in [-0.25, -0.2) is 4.98 Å². The van der Waals surface area contributed by atoms with Crippen molar-refractivity contribution in [3.8, 4) is 0 Å². The number of aromatic amines is 1. The Morgan fingerprint density at radius 2 is 1.97 bits per heavy atom. The third-order valence-corrected chi connectivity index (χ3v) is 15.0. The lowest BCUT2D eigenvalue weighted by molar-refractivity contribution is -0.100. The van der Waals surface area contributed by atoms with Crippen molar-refractivity contribution >= 4 is 21.6 Å². The van der Waals surface area contributed by atoms with E-state index >= 15 is 0 Å². The van der Waals surface area contributed by atoms with E-state index in [1.54, 1.807) is 6.33 Å². The van der Waals surface area contributed by atoms with Crippen LogP contribution in [0.5, 0.6) is 0 Å². The predicted molar refractivity (Wildman–Crippen MR) is 163 cm³/mol. The van der Waals surface area contributed by atoms with E-state index in [2.05, 4.69) is 75.3 Å². The van der Waals surface area contributed by atoms with E-state index in [9.17, 15) is 0 Å². The second-order valence-electron chi connectivity index (χ2n) is 15.0. The largest absolute Gasteiger partial charge is 0.348 e. The van der Waals surface area contributed by atoms with Crippen molar-refractivity contribution in [1.29, 1.82) is 0 Å². The van der Waals surface area contributed by atoms with Crippen molar-refractivity contribution in [3.63, 3.8) is 0 Å². The quantitative estimate of drug-likeness (QED) is 0.248. The van der Waals surface area contributed by atoms with Crippen LogP contribution in [0.25, 0.3) is 0 Å². The summed E-state index contributed by atoms with van der Waals surface area (Å²) in [5, 5.41) is 0.776. The Labute approximate surface area is 236 Å². The molecule has 0 radical (unpaired) electrons. The van der Waals surface area contributed by atoms with Crippen LogP contribution in [0.15, 0.2) is 24.2 Å². The van der Waals surface area contributed by atoms with Crippen molar-refractivity contribution in [2.24, 2.45) is 51.8 Å². The van der Waals surface area contributed by atoms with Gasteiger partial charge in [0, 0.05) is 22.9 Å². The first-order valence-electron chi connectivity index (χ1n) is 15.5. The Morgan fingerprint density at radius 3 is 2.70 bits per heavy atom. The molecule has 1 N–H and O–H groups in total. The molecular weight excluding hydrogens is 489 g/mol. The molecule has 4 heteroatoms. The molecule has 0 bridgehead atoms. The predicted octanol–water partition coefficient (Wildman–Crippen LogP) is 10.3. The van der Waals surface area contributed by atoms with Crippen molar-refractivity contribution in [2.75, 3.05) is 0 Å². The van der Waals surface area contributed by atoms with Gasteiger partial charge >= 0.3 is 0 Å². The highest BCUT2D eigenvalue weighted by Gasteiger charge is 2.63. The lowest BCUT2D eigenvalue weighted by Crippen LogP contribution is -2.54. The molecule has 3 fully saturated rings. The zero-order valence-electron chi connectivity index (χ0n) is 24.8. The Bertz CT molecular complexity index is 936. The molecule has 0 spiro atoms. The molecule has 8 atom stereocenters. The van der Waals surface area contributed by atoms with Crippen LogP contribution in [0.2, 0.25) is 0 Å². The molecule has 1 aromatic rings. The third-order valence-electron chi connectivity index (χ3n) is 12.2. The number of nitrogens with one attached hydrogen (secondary N) is 1. The molecule has 4 aliphatic carbocycles. The van der Waals surface area contributed by atoms with Crippen molar-refractivity contribution in [3.05, 3.63) is 29.9 Å². The highest BCUT2D eigenvalue weighted by molar-refractivity contribution is 8.76. The van der Waals surface area contributed by atoms with Crippen LogP contribution in [0, 0.1) is 51.8 Å². The normalized spacial score (nSPS) is 39.7. The molecule has 1 aromatic heterocycles. The van der Waals surface area contributed by atoms with Crippen LogP contribution in [-0.4, -0.2) is 15.2 Å². The van der Waals surface area contributed by atoms with E-state index in [0.717, 1.165) is 46.5 Å². The number of imidazole rings is 1. The molecule has 0 amide bonds. The van der Waals surface area contributed by atoms with Crippen LogP contribution in [0.4, 0.5) is 0 Å². The number of hydrogen-bond acceptors (Lipinski definition) is 3. The first kappa shape index (κ1) is 28.2. The molecule has 0 aromatic carbocycles. The highest BCUT2D eigenvalue weighted by Crippen LogP contribution is 2.70. The standard InChI is InChI=1S/C33H54N2S2/c1-22(2)9-8-15-31(4,5)30-13-12-28-27-11-10-24-18-26(37-36-20-25-19-34-21-35-25)14-16-32(24,6)29(27)17-23(3)33(28,30)7/h10,19,21-23,26-30H,8-9,11-18,20H2,1-7H3,(H,34,35)/t23-,26?,27?,28?,29?,30?,32?,33?/m0/s1.